The molecule has 0 bridgehead atoms. The number of hydrogen-bond donors (Lipinski definition) is 2. The van der Waals surface area contributed by atoms with E-state index in [4.69, 9.17) is 14.6 Å². The molecule has 2 rings (SSSR count). The van der Waals surface area contributed by atoms with Gasteiger partial charge in [0.1, 0.15) is 0 Å². The second kappa shape index (κ2) is 9.72. The SMILES string of the molecule is CCOc1cc(C(=O)NCc2ccc(SC)cc2)ccc1OCC(=O)O. The van der Waals surface area contributed by atoms with E-state index >= 15 is 0 Å². The fraction of sp³-hybridized carbons (Fsp3) is 0.263. The molecule has 0 atom stereocenters. The average molecular weight is 375 g/mol. The Morgan fingerprint density at radius 2 is 1.81 bits per heavy atom. The number of ether oxygens (including phenoxy) is 2. The van der Waals surface area contributed by atoms with Crippen LogP contribution < -0.4 is 14.8 Å². The zero-order valence-electron chi connectivity index (χ0n) is 14.7. The Labute approximate surface area is 156 Å². The van der Waals surface area contributed by atoms with Gasteiger partial charge in [-0.15, -0.1) is 11.8 Å². The molecular weight excluding hydrogens is 354 g/mol. The van der Waals surface area contributed by atoms with Gasteiger partial charge in [-0.25, -0.2) is 4.79 Å². The minimum absolute atomic E-state index is 0.246. The molecule has 0 fully saturated rings. The van der Waals surface area contributed by atoms with Crippen molar-refractivity contribution in [2.24, 2.45) is 0 Å². The van der Waals surface area contributed by atoms with E-state index in [1.165, 1.54) is 11.0 Å². The lowest BCUT2D eigenvalue weighted by molar-refractivity contribution is -0.139. The number of benzene rings is 2. The summed E-state index contributed by atoms with van der Waals surface area (Å²) in [6.45, 7) is 2.11. The largest absolute Gasteiger partial charge is 0.490 e. The molecule has 1 amide bonds. The molecule has 0 saturated heterocycles. The van der Waals surface area contributed by atoms with E-state index in [1.807, 2.05) is 30.5 Å². The smallest absolute Gasteiger partial charge is 0.341 e. The average Bonchev–Trinajstić information content (AvgIpc) is 2.65. The minimum Gasteiger partial charge on any atom is -0.490 e. The van der Waals surface area contributed by atoms with E-state index in [0.29, 0.717) is 30.2 Å². The van der Waals surface area contributed by atoms with Gasteiger partial charge in [-0.1, -0.05) is 12.1 Å². The lowest BCUT2D eigenvalue weighted by Crippen LogP contribution is -2.22. The monoisotopic (exact) mass is 375 g/mol. The number of carboxylic acid groups (broad SMARTS) is 1. The van der Waals surface area contributed by atoms with Gasteiger partial charge >= 0.3 is 5.97 Å². The highest BCUT2D eigenvalue weighted by Gasteiger charge is 2.12. The van der Waals surface area contributed by atoms with Crippen LogP contribution in [0.25, 0.3) is 0 Å². The number of carbonyl (C=O) groups excluding carboxylic acids is 1. The highest BCUT2D eigenvalue weighted by molar-refractivity contribution is 7.98. The van der Waals surface area contributed by atoms with E-state index in [9.17, 15) is 9.59 Å². The number of carbonyl (C=O) groups is 2. The van der Waals surface area contributed by atoms with Crippen molar-refractivity contribution in [3.05, 3.63) is 53.6 Å². The fourth-order valence-corrected chi connectivity index (χ4v) is 2.61. The maximum atomic E-state index is 12.4. The summed E-state index contributed by atoms with van der Waals surface area (Å²) in [5, 5.41) is 11.6. The summed E-state index contributed by atoms with van der Waals surface area (Å²) in [5.41, 5.74) is 1.42. The molecule has 0 spiro atoms. The van der Waals surface area contributed by atoms with Gasteiger partial charge in [0.2, 0.25) is 0 Å². The summed E-state index contributed by atoms with van der Waals surface area (Å²) in [5.74, 6) is -0.699. The Balaban J connectivity index is 2.04. The summed E-state index contributed by atoms with van der Waals surface area (Å²) in [6.07, 6.45) is 2.01. The Morgan fingerprint density at radius 1 is 1.08 bits per heavy atom. The van der Waals surface area contributed by atoms with Crippen molar-refractivity contribution in [3.63, 3.8) is 0 Å². The first-order valence-electron chi connectivity index (χ1n) is 8.06. The number of nitrogens with one attached hydrogen (secondary N) is 1. The molecule has 0 saturated carbocycles. The molecule has 26 heavy (non-hydrogen) atoms. The van der Waals surface area contributed by atoms with Crippen LogP contribution in [0.5, 0.6) is 11.5 Å². The van der Waals surface area contributed by atoms with Crippen LogP contribution in [0.3, 0.4) is 0 Å². The van der Waals surface area contributed by atoms with Crippen molar-refractivity contribution in [2.45, 2.75) is 18.4 Å². The number of thioether (sulfide) groups is 1. The van der Waals surface area contributed by atoms with Gasteiger partial charge < -0.3 is 19.9 Å². The van der Waals surface area contributed by atoms with Crippen LogP contribution in [-0.4, -0.2) is 36.5 Å². The quantitative estimate of drug-likeness (QED) is 0.655. The molecule has 2 aromatic carbocycles. The first kappa shape index (κ1) is 19.7. The van der Waals surface area contributed by atoms with Crippen molar-refractivity contribution >= 4 is 23.6 Å². The van der Waals surface area contributed by atoms with Crippen LogP contribution in [0.1, 0.15) is 22.8 Å². The molecule has 0 aliphatic carbocycles. The summed E-state index contributed by atoms with van der Waals surface area (Å²) in [4.78, 5) is 24.2. The van der Waals surface area contributed by atoms with Crippen LogP contribution in [0.2, 0.25) is 0 Å². The topological polar surface area (TPSA) is 84.9 Å². The van der Waals surface area contributed by atoms with Crippen molar-refractivity contribution in [2.75, 3.05) is 19.5 Å². The normalized spacial score (nSPS) is 10.2. The van der Waals surface area contributed by atoms with Crippen LogP contribution in [0.15, 0.2) is 47.4 Å². The highest BCUT2D eigenvalue weighted by Crippen LogP contribution is 2.28. The maximum absolute atomic E-state index is 12.4. The third kappa shape index (κ3) is 5.70. The van der Waals surface area contributed by atoms with E-state index in [-0.39, 0.29) is 5.91 Å². The van der Waals surface area contributed by atoms with Crippen molar-refractivity contribution in [1.82, 2.24) is 5.32 Å². The van der Waals surface area contributed by atoms with Gasteiger partial charge in [-0.2, -0.15) is 0 Å². The molecular formula is C19H21NO5S. The van der Waals surface area contributed by atoms with Gasteiger partial charge in [-0.05, 0) is 49.1 Å². The van der Waals surface area contributed by atoms with Gasteiger partial charge in [0.05, 0.1) is 6.61 Å². The number of rotatable bonds is 9. The number of hydrogen-bond acceptors (Lipinski definition) is 5. The molecule has 138 valence electrons. The molecule has 7 heteroatoms. The lowest BCUT2D eigenvalue weighted by atomic mass is 10.1. The lowest BCUT2D eigenvalue weighted by Gasteiger charge is -2.12. The first-order chi connectivity index (χ1) is 12.5. The van der Waals surface area contributed by atoms with Crippen LogP contribution in [-0.2, 0) is 11.3 Å². The summed E-state index contributed by atoms with van der Waals surface area (Å²) in [6, 6.07) is 12.6. The van der Waals surface area contributed by atoms with Crippen molar-refractivity contribution in [1.29, 1.82) is 0 Å². The van der Waals surface area contributed by atoms with Crippen molar-refractivity contribution in [3.8, 4) is 11.5 Å². The van der Waals surface area contributed by atoms with E-state index in [2.05, 4.69) is 5.32 Å². The minimum atomic E-state index is -1.08. The molecule has 0 aromatic heterocycles. The number of amides is 1. The Hall–Kier alpha value is -2.67. The molecule has 0 unspecified atom stereocenters. The zero-order valence-corrected chi connectivity index (χ0v) is 15.5. The van der Waals surface area contributed by atoms with E-state index in [0.717, 1.165) is 5.56 Å². The predicted octanol–water partition coefficient (Wildman–Crippen LogP) is 3.20. The maximum Gasteiger partial charge on any atom is 0.341 e. The Morgan fingerprint density at radius 3 is 2.42 bits per heavy atom. The summed E-state index contributed by atoms with van der Waals surface area (Å²) < 4.78 is 10.6. The molecule has 6 nitrogen and oxygen atoms in total. The zero-order chi connectivity index (χ0) is 18.9. The van der Waals surface area contributed by atoms with E-state index < -0.39 is 12.6 Å². The van der Waals surface area contributed by atoms with Gasteiger partial charge in [0.25, 0.3) is 5.91 Å². The fourth-order valence-electron chi connectivity index (χ4n) is 2.20. The van der Waals surface area contributed by atoms with Gasteiger partial charge in [0, 0.05) is 17.0 Å². The third-order valence-corrected chi connectivity index (χ3v) is 4.21. The molecule has 2 N–H and O–H groups in total. The molecule has 0 heterocycles. The molecule has 0 radical (unpaired) electrons. The number of aliphatic carboxylic acids is 1. The third-order valence-electron chi connectivity index (χ3n) is 3.47. The molecule has 0 aliphatic rings. The van der Waals surface area contributed by atoms with Gasteiger partial charge in [0.15, 0.2) is 18.1 Å². The number of carboxylic acids is 1. The predicted molar refractivity (Wildman–Crippen MR) is 100 cm³/mol. The second-order valence-electron chi connectivity index (χ2n) is 5.31. The van der Waals surface area contributed by atoms with E-state index in [1.54, 1.807) is 30.8 Å². The molecule has 2 aromatic rings. The van der Waals surface area contributed by atoms with Crippen molar-refractivity contribution < 1.29 is 24.2 Å². The van der Waals surface area contributed by atoms with Crippen LogP contribution in [0.4, 0.5) is 0 Å². The Kier molecular flexibility index (Phi) is 7.35. The van der Waals surface area contributed by atoms with Gasteiger partial charge in [-0.3, -0.25) is 4.79 Å². The summed E-state index contributed by atoms with van der Waals surface area (Å²) >= 11 is 1.66. The molecule has 0 aliphatic heterocycles. The second-order valence-corrected chi connectivity index (χ2v) is 6.19. The standard InChI is InChI=1S/C19H21NO5S/c1-3-24-17-10-14(6-9-16(17)25-12-18(21)22)19(23)20-11-13-4-7-15(26-2)8-5-13/h4-10H,3,11-12H2,1-2H3,(H,20,23)(H,21,22). The Bertz CT molecular complexity index is 761. The summed E-state index contributed by atoms with van der Waals surface area (Å²) in [7, 11) is 0. The van der Waals surface area contributed by atoms with Crippen LogP contribution >= 0.6 is 11.8 Å². The first-order valence-corrected chi connectivity index (χ1v) is 9.28. The highest BCUT2D eigenvalue weighted by atomic mass is 32.2. The van der Waals surface area contributed by atoms with Crippen LogP contribution in [0, 0.1) is 0 Å².